The third-order valence-corrected chi connectivity index (χ3v) is 2.67. The fourth-order valence-electron chi connectivity index (χ4n) is 1.82. The van der Waals surface area contributed by atoms with Crippen LogP contribution in [0.2, 0.25) is 0 Å². The number of rotatable bonds is 2. The maximum atomic E-state index is 9.73. The van der Waals surface area contributed by atoms with E-state index in [-0.39, 0.29) is 6.61 Å². The van der Waals surface area contributed by atoms with Gasteiger partial charge in [-0.05, 0) is 5.56 Å². The van der Waals surface area contributed by atoms with Crippen molar-refractivity contribution in [3.63, 3.8) is 0 Å². The first-order valence-electron chi connectivity index (χ1n) is 4.91. The van der Waals surface area contributed by atoms with Crippen LogP contribution in [0.1, 0.15) is 11.7 Å². The van der Waals surface area contributed by atoms with Crippen molar-refractivity contribution in [2.75, 3.05) is 6.61 Å². The van der Waals surface area contributed by atoms with E-state index in [1.807, 2.05) is 30.3 Å². The van der Waals surface area contributed by atoms with Crippen LogP contribution in [0, 0.1) is 0 Å². The van der Waals surface area contributed by atoms with Crippen LogP contribution in [0.25, 0.3) is 0 Å². The normalized spacial score (nSPS) is 35.7. The molecule has 1 fully saturated rings. The van der Waals surface area contributed by atoms with Gasteiger partial charge in [-0.2, -0.15) is 0 Å². The molecule has 1 aliphatic heterocycles. The molecule has 3 N–H and O–H groups in total. The Labute approximate surface area is 87.7 Å². The number of hydrogen-bond donors (Lipinski definition) is 3. The van der Waals surface area contributed by atoms with Crippen LogP contribution in [0.3, 0.4) is 0 Å². The fraction of sp³-hybridized carbons (Fsp3) is 0.455. The summed E-state index contributed by atoms with van der Waals surface area (Å²) in [6.45, 7) is -0.290. The molecule has 2 rings (SSSR count). The van der Waals surface area contributed by atoms with Gasteiger partial charge in [0, 0.05) is 0 Å². The zero-order valence-electron chi connectivity index (χ0n) is 8.15. The second kappa shape index (κ2) is 4.28. The Morgan fingerprint density at radius 1 is 1.07 bits per heavy atom. The Balaban J connectivity index is 2.19. The smallest absolute Gasteiger partial charge is 0.113 e. The van der Waals surface area contributed by atoms with Crippen molar-refractivity contribution >= 4 is 0 Å². The van der Waals surface area contributed by atoms with Crippen molar-refractivity contribution in [2.24, 2.45) is 0 Å². The van der Waals surface area contributed by atoms with E-state index in [0.29, 0.717) is 0 Å². The van der Waals surface area contributed by atoms with Gasteiger partial charge in [-0.15, -0.1) is 0 Å². The largest absolute Gasteiger partial charge is 0.394 e. The molecule has 1 aliphatic rings. The molecular formula is C11H14O4. The Hall–Kier alpha value is -0.940. The molecule has 1 aromatic rings. The van der Waals surface area contributed by atoms with E-state index < -0.39 is 24.4 Å². The molecule has 1 saturated heterocycles. The Morgan fingerprint density at radius 2 is 1.73 bits per heavy atom. The van der Waals surface area contributed by atoms with E-state index in [1.165, 1.54) is 0 Å². The maximum Gasteiger partial charge on any atom is 0.113 e. The monoisotopic (exact) mass is 210 g/mol. The van der Waals surface area contributed by atoms with Crippen LogP contribution in [0.4, 0.5) is 0 Å². The summed E-state index contributed by atoms with van der Waals surface area (Å²) in [5, 5.41) is 28.2. The predicted octanol–water partition coefficient (Wildman–Crippen LogP) is -0.159. The molecule has 0 radical (unpaired) electrons. The van der Waals surface area contributed by atoms with Gasteiger partial charge < -0.3 is 20.1 Å². The highest BCUT2D eigenvalue weighted by molar-refractivity contribution is 5.20. The van der Waals surface area contributed by atoms with Crippen molar-refractivity contribution < 1.29 is 20.1 Å². The Morgan fingerprint density at radius 3 is 2.27 bits per heavy atom. The predicted molar refractivity (Wildman–Crippen MR) is 53.2 cm³/mol. The van der Waals surface area contributed by atoms with Gasteiger partial charge >= 0.3 is 0 Å². The molecular weight excluding hydrogens is 196 g/mol. The minimum atomic E-state index is -1.03. The van der Waals surface area contributed by atoms with E-state index in [1.54, 1.807) is 0 Å². The first kappa shape index (κ1) is 10.6. The third kappa shape index (κ3) is 1.89. The third-order valence-electron chi connectivity index (χ3n) is 2.67. The summed E-state index contributed by atoms with van der Waals surface area (Å²) in [5.74, 6) is 0. The highest BCUT2D eigenvalue weighted by Crippen LogP contribution is 2.32. The van der Waals surface area contributed by atoms with Crippen LogP contribution in [-0.4, -0.2) is 40.2 Å². The SMILES string of the molecule is OC[C@H]1O[C@H](c2ccccc2)[C@@H](O)[C@H]1O. The Kier molecular flexibility index (Phi) is 3.02. The van der Waals surface area contributed by atoms with E-state index in [9.17, 15) is 10.2 Å². The number of aliphatic hydroxyl groups is 3. The van der Waals surface area contributed by atoms with Crippen molar-refractivity contribution in [3.8, 4) is 0 Å². The molecule has 82 valence electrons. The molecule has 0 amide bonds. The standard InChI is InChI=1S/C11H14O4/c12-6-8-9(13)10(14)11(15-8)7-4-2-1-3-5-7/h1-5,8-14H,6H2/t8-,9+,10+,11-/m1/s1. The van der Waals surface area contributed by atoms with Gasteiger partial charge in [-0.25, -0.2) is 0 Å². The van der Waals surface area contributed by atoms with Crippen molar-refractivity contribution in [1.82, 2.24) is 0 Å². The van der Waals surface area contributed by atoms with E-state index in [0.717, 1.165) is 5.56 Å². The van der Waals surface area contributed by atoms with Crippen molar-refractivity contribution in [1.29, 1.82) is 0 Å². The lowest BCUT2D eigenvalue weighted by atomic mass is 10.0. The van der Waals surface area contributed by atoms with Crippen LogP contribution >= 0.6 is 0 Å². The molecule has 0 spiro atoms. The molecule has 0 unspecified atom stereocenters. The lowest BCUT2D eigenvalue weighted by Gasteiger charge is -2.14. The number of benzene rings is 1. The van der Waals surface area contributed by atoms with E-state index in [4.69, 9.17) is 9.84 Å². The molecule has 4 heteroatoms. The summed E-state index contributed by atoms with van der Waals surface area (Å²) in [6, 6.07) is 9.18. The molecule has 0 bridgehead atoms. The summed E-state index contributed by atoms with van der Waals surface area (Å²) in [6.07, 6.45) is -3.27. The zero-order valence-corrected chi connectivity index (χ0v) is 8.15. The van der Waals surface area contributed by atoms with E-state index in [2.05, 4.69) is 0 Å². The average Bonchev–Trinajstić information content (AvgIpc) is 2.57. The van der Waals surface area contributed by atoms with Gasteiger partial charge in [0.05, 0.1) is 6.61 Å². The summed E-state index contributed by atoms with van der Waals surface area (Å²) in [4.78, 5) is 0. The molecule has 0 aromatic heterocycles. The molecule has 1 heterocycles. The maximum absolute atomic E-state index is 9.73. The summed E-state index contributed by atoms with van der Waals surface area (Å²) >= 11 is 0. The summed E-state index contributed by atoms with van der Waals surface area (Å²) in [7, 11) is 0. The highest BCUT2D eigenvalue weighted by atomic mass is 16.6. The van der Waals surface area contributed by atoms with Gasteiger partial charge in [0.1, 0.15) is 24.4 Å². The first-order chi connectivity index (χ1) is 7.24. The summed E-state index contributed by atoms with van der Waals surface area (Å²) in [5.41, 5.74) is 0.806. The number of ether oxygens (including phenoxy) is 1. The second-order valence-corrected chi connectivity index (χ2v) is 3.67. The zero-order chi connectivity index (χ0) is 10.8. The molecule has 0 saturated carbocycles. The number of hydrogen-bond acceptors (Lipinski definition) is 4. The topological polar surface area (TPSA) is 69.9 Å². The molecule has 15 heavy (non-hydrogen) atoms. The molecule has 1 aromatic carbocycles. The van der Waals surface area contributed by atoms with Crippen LogP contribution in [-0.2, 0) is 4.74 Å². The van der Waals surface area contributed by atoms with Crippen molar-refractivity contribution in [2.45, 2.75) is 24.4 Å². The van der Waals surface area contributed by atoms with Crippen molar-refractivity contribution in [3.05, 3.63) is 35.9 Å². The van der Waals surface area contributed by atoms with Gasteiger partial charge in [0.15, 0.2) is 0 Å². The quantitative estimate of drug-likeness (QED) is 0.634. The minimum absolute atomic E-state index is 0.290. The van der Waals surface area contributed by atoms with Gasteiger partial charge in [-0.3, -0.25) is 0 Å². The molecule has 0 aliphatic carbocycles. The lowest BCUT2D eigenvalue weighted by molar-refractivity contribution is -0.0227. The molecule has 4 atom stereocenters. The minimum Gasteiger partial charge on any atom is -0.394 e. The number of aliphatic hydroxyl groups excluding tert-OH is 3. The Bertz CT molecular complexity index is 314. The van der Waals surface area contributed by atoms with Gasteiger partial charge in [-0.1, -0.05) is 30.3 Å². The average molecular weight is 210 g/mol. The van der Waals surface area contributed by atoms with E-state index >= 15 is 0 Å². The summed E-state index contributed by atoms with van der Waals surface area (Å²) < 4.78 is 5.37. The highest BCUT2D eigenvalue weighted by Gasteiger charge is 2.42. The van der Waals surface area contributed by atoms with Crippen LogP contribution in [0.15, 0.2) is 30.3 Å². The van der Waals surface area contributed by atoms with Gasteiger partial charge in [0.2, 0.25) is 0 Å². The van der Waals surface area contributed by atoms with Crippen LogP contribution < -0.4 is 0 Å². The lowest BCUT2D eigenvalue weighted by Crippen LogP contribution is -2.32. The first-order valence-corrected chi connectivity index (χ1v) is 4.91. The second-order valence-electron chi connectivity index (χ2n) is 3.67. The fourth-order valence-corrected chi connectivity index (χ4v) is 1.82. The van der Waals surface area contributed by atoms with Crippen LogP contribution in [0.5, 0.6) is 0 Å². The van der Waals surface area contributed by atoms with Gasteiger partial charge in [0.25, 0.3) is 0 Å². The molecule has 4 nitrogen and oxygen atoms in total.